The molecule has 0 aliphatic heterocycles. The Labute approximate surface area is 107 Å². The Balaban J connectivity index is 2.41. The van der Waals surface area contributed by atoms with Crippen molar-refractivity contribution in [2.75, 3.05) is 0 Å². The molecule has 2 heteroatoms. The maximum Gasteiger partial charge on any atom is 0.0241 e. The first-order valence-electron chi connectivity index (χ1n) is 7.06. The first-order valence-corrected chi connectivity index (χ1v) is 7.06. The third-order valence-electron chi connectivity index (χ3n) is 4.46. The maximum absolute atomic E-state index is 5.68. The monoisotopic (exact) mass is 238 g/mol. The standard InChI is InChI=1S/C15H30N2/c1-5-6-7-14(17-16)12-8-10-13(11-9-12)15(2,3)4/h5,12-14,17H,1,6-11,16H2,2-4H3. The van der Waals surface area contributed by atoms with Crippen LogP contribution in [0.2, 0.25) is 0 Å². The summed E-state index contributed by atoms with van der Waals surface area (Å²) < 4.78 is 0. The molecule has 1 aliphatic carbocycles. The number of nitrogens with two attached hydrogens (primary N) is 1. The van der Waals surface area contributed by atoms with Gasteiger partial charge in [-0.15, -0.1) is 6.58 Å². The topological polar surface area (TPSA) is 38.0 Å². The number of hydrogen-bond acceptors (Lipinski definition) is 2. The summed E-state index contributed by atoms with van der Waals surface area (Å²) in [6.45, 7) is 10.9. The molecule has 1 unspecified atom stereocenters. The van der Waals surface area contributed by atoms with Crippen LogP contribution in [-0.2, 0) is 0 Å². The van der Waals surface area contributed by atoms with Crippen molar-refractivity contribution >= 4 is 0 Å². The highest BCUT2D eigenvalue weighted by Crippen LogP contribution is 2.41. The molecule has 0 radical (unpaired) electrons. The van der Waals surface area contributed by atoms with Gasteiger partial charge in [0.05, 0.1) is 0 Å². The van der Waals surface area contributed by atoms with Crippen LogP contribution in [0.25, 0.3) is 0 Å². The summed E-state index contributed by atoms with van der Waals surface area (Å²) in [7, 11) is 0. The van der Waals surface area contributed by atoms with E-state index in [1.165, 1.54) is 25.7 Å². The second-order valence-electron chi connectivity index (χ2n) is 6.62. The largest absolute Gasteiger partial charge is 0.271 e. The first-order chi connectivity index (χ1) is 7.99. The number of hydrazine groups is 1. The molecule has 0 spiro atoms. The highest BCUT2D eigenvalue weighted by molar-refractivity contribution is 4.86. The van der Waals surface area contributed by atoms with E-state index in [9.17, 15) is 0 Å². The fraction of sp³-hybridized carbons (Fsp3) is 0.867. The minimum absolute atomic E-state index is 0.470. The summed E-state index contributed by atoms with van der Waals surface area (Å²) >= 11 is 0. The second kappa shape index (κ2) is 6.55. The third-order valence-corrected chi connectivity index (χ3v) is 4.46. The number of nitrogens with one attached hydrogen (secondary N) is 1. The molecule has 0 aromatic heterocycles. The molecule has 0 saturated heterocycles. The lowest BCUT2D eigenvalue weighted by Crippen LogP contribution is -2.42. The summed E-state index contributed by atoms with van der Waals surface area (Å²) in [5.74, 6) is 7.33. The number of hydrogen-bond donors (Lipinski definition) is 2. The Hall–Kier alpha value is -0.340. The Morgan fingerprint density at radius 2 is 1.88 bits per heavy atom. The molecule has 3 N–H and O–H groups in total. The molecule has 1 saturated carbocycles. The van der Waals surface area contributed by atoms with Gasteiger partial charge in [0, 0.05) is 6.04 Å². The van der Waals surface area contributed by atoms with Gasteiger partial charge < -0.3 is 0 Å². The van der Waals surface area contributed by atoms with Crippen LogP contribution in [0.15, 0.2) is 12.7 Å². The summed E-state index contributed by atoms with van der Waals surface area (Å²) in [6.07, 6.45) is 9.56. The van der Waals surface area contributed by atoms with Crippen LogP contribution >= 0.6 is 0 Å². The molecule has 0 aromatic carbocycles. The van der Waals surface area contributed by atoms with E-state index in [1.807, 2.05) is 6.08 Å². The van der Waals surface area contributed by atoms with E-state index >= 15 is 0 Å². The van der Waals surface area contributed by atoms with E-state index < -0.39 is 0 Å². The van der Waals surface area contributed by atoms with Crippen molar-refractivity contribution in [3.8, 4) is 0 Å². The van der Waals surface area contributed by atoms with Crippen molar-refractivity contribution in [2.24, 2.45) is 23.1 Å². The summed E-state index contributed by atoms with van der Waals surface area (Å²) in [5, 5.41) is 0. The van der Waals surface area contributed by atoms with Gasteiger partial charge >= 0.3 is 0 Å². The molecular formula is C15H30N2. The van der Waals surface area contributed by atoms with Gasteiger partial charge in [0.1, 0.15) is 0 Å². The lowest BCUT2D eigenvalue weighted by molar-refractivity contribution is 0.130. The van der Waals surface area contributed by atoms with E-state index in [2.05, 4.69) is 32.8 Å². The van der Waals surface area contributed by atoms with Crippen molar-refractivity contribution in [1.82, 2.24) is 5.43 Å². The average molecular weight is 238 g/mol. The Bertz CT molecular complexity index is 222. The van der Waals surface area contributed by atoms with Crippen LogP contribution in [0.3, 0.4) is 0 Å². The smallest absolute Gasteiger partial charge is 0.0241 e. The SMILES string of the molecule is C=CCCC(NN)C1CCC(C(C)(C)C)CC1. The van der Waals surface area contributed by atoms with Crippen molar-refractivity contribution < 1.29 is 0 Å². The summed E-state index contributed by atoms with van der Waals surface area (Å²) in [4.78, 5) is 0. The molecule has 2 nitrogen and oxygen atoms in total. The van der Waals surface area contributed by atoms with Gasteiger partial charge in [-0.05, 0) is 55.8 Å². The van der Waals surface area contributed by atoms with Crippen LogP contribution in [0, 0.1) is 17.3 Å². The molecule has 17 heavy (non-hydrogen) atoms. The molecule has 1 atom stereocenters. The zero-order chi connectivity index (χ0) is 12.9. The third kappa shape index (κ3) is 4.44. The van der Waals surface area contributed by atoms with Crippen LogP contribution in [0.1, 0.15) is 59.3 Å². The normalized spacial score (nSPS) is 27.8. The van der Waals surface area contributed by atoms with Gasteiger partial charge in [-0.25, -0.2) is 0 Å². The predicted octanol–water partition coefficient (Wildman–Crippen LogP) is 3.64. The summed E-state index contributed by atoms with van der Waals surface area (Å²) in [6, 6.07) is 0.480. The molecule has 1 aliphatic rings. The van der Waals surface area contributed by atoms with E-state index in [-0.39, 0.29) is 0 Å². The molecule has 0 amide bonds. The molecule has 100 valence electrons. The fourth-order valence-corrected chi connectivity index (χ4v) is 3.14. The lowest BCUT2D eigenvalue weighted by atomic mass is 9.68. The van der Waals surface area contributed by atoms with E-state index in [0.29, 0.717) is 11.5 Å². The van der Waals surface area contributed by atoms with Crippen molar-refractivity contribution in [3.63, 3.8) is 0 Å². The first kappa shape index (κ1) is 14.7. The van der Waals surface area contributed by atoms with Gasteiger partial charge in [-0.2, -0.15) is 0 Å². The minimum atomic E-state index is 0.470. The molecule has 0 bridgehead atoms. The van der Waals surface area contributed by atoms with Crippen LogP contribution in [0.5, 0.6) is 0 Å². The molecule has 1 fully saturated rings. The molecule has 0 heterocycles. The van der Waals surface area contributed by atoms with Crippen LogP contribution < -0.4 is 11.3 Å². The molecule has 1 rings (SSSR count). The minimum Gasteiger partial charge on any atom is -0.271 e. The average Bonchev–Trinajstić information content (AvgIpc) is 2.29. The highest BCUT2D eigenvalue weighted by Gasteiger charge is 2.32. The lowest BCUT2D eigenvalue weighted by Gasteiger charge is -2.39. The maximum atomic E-state index is 5.68. The predicted molar refractivity (Wildman–Crippen MR) is 75.4 cm³/mol. The molecular weight excluding hydrogens is 208 g/mol. The van der Waals surface area contributed by atoms with E-state index in [0.717, 1.165) is 24.7 Å². The Morgan fingerprint density at radius 3 is 2.29 bits per heavy atom. The number of allylic oxidation sites excluding steroid dienone is 1. The zero-order valence-corrected chi connectivity index (χ0v) is 11.8. The number of rotatable bonds is 5. The van der Waals surface area contributed by atoms with E-state index in [1.54, 1.807) is 0 Å². The summed E-state index contributed by atoms with van der Waals surface area (Å²) in [5.41, 5.74) is 3.48. The zero-order valence-electron chi connectivity index (χ0n) is 11.8. The van der Waals surface area contributed by atoms with Crippen molar-refractivity contribution in [1.29, 1.82) is 0 Å². The fourth-order valence-electron chi connectivity index (χ4n) is 3.14. The quantitative estimate of drug-likeness (QED) is 0.436. The van der Waals surface area contributed by atoms with Crippen LogP contribution in [0.4, 0.5) is 0 Å². The molecule has 0 aromatic rings. The van der Waals surface area contributed by atoms with Gasteiger partial charge in [0.15, 0.2) is 0 Å². The van der Waals surface area contributed by atoms with E-state index in [4.69, 9.17) is 5.84 Å². The van der Waals surface area contributed by atoms with Gasteiger partial charge in [-0.3, -0.25) is 11.3 Å². The highest BCUT2D eigenvalue weighted by atomic mass is 15.2. The Kier molecular flexibility index (Phi) is 5.68. The van der Waals surface area contributed by atoms with Gasteiger partial charge in [0.2, 0.25) is 0 Å². The van der Waals surface area contributed by atoms with Crippen molar-refractivity contribution in [2.45, 2.75) is 65.3 Å². The van der Waals surface area contributed by atoms with Crippen LogP contribution in [-0.4, -0.2) is 6.04 Å². The van der Waals surface area contributed by atoms with Gasteiger partial charge in [0.25, 0.3) is 0 Å². The van der Waals surface area contributed by atoms with Gasteiger partial charge in [-0.1, -0.05) is 26.8 Å². The van der Waals surface area contributed by atoms with Crippen molar-refractivity contribution in [3.05, 3.63) is 12.7 Å². The second-order valence-corrected chi connectivity index (χ2v) is 6.62. The Morgan fingerprint density at radius 1 is 1.29 bits per heavy atom.